The third-order valence-corrected chi connectivity index (χ3v) is 4.83. The normalized spacial score (nSPS) is 33.2. The van der Waals surface area contributed by atoms with Crippen LogP contribution in [-0.2, 0) is 9.53 Å². The second kappa shape index (κ2) is 6.23. The fourth-order valence-electron chi connectivity index (χ4n) is 3.97. The number of carbonyl (C=O) groups is 1. The van der Waals surface area contributed by atoms with E-state index in [0.717, 1.165) is 12.8 Å². The molecule has 19 heavy (non-hydrogen) atoms. The van der Waals surface area contributed by atoms with Gasteiger partial charge in [0.05, 0.1) is 7.11 Å². The van der Waals surface area contributed by atoms with E-state index in [4.69, 9.17) is 4.74 Å². The van der Waals surface area contributed by atoms with Crippen molar-refractivity contribution in [2.45, 2.75) is 70.1 Å². The zero-order valence-electron chi connectivity index (χ0n) is 12.7. The Balaban J connectivity index is 2.19. The maximum absolute atomic E-state index is 12.2. The van der Waals surface area contributed by atoms with Crippen molar-refractivity contribution in [2.75, 3.05) is 14.2 Å². The Morgan fingerprint density at radius 3 is 2.26 bits per heavy atom. The number of hydrogen-bond acceptors (Lipinski definition) is 4. The average Bonchev–Trinajstić information content (AvgIpc) is 2.37. The van der Waals surface area contributed by atoms with Crippen molar-refractivity contribution in [3.05, 3.63) is 0 Å². The molecule has 3 unspecified atom stereocenters. The molecule has 0 radical (unpaired) electrons. The van der Waals surface area contributed by atoms with Crippen LogP contribution >= 0.6 is 0 Å². The molecule has 2 fully saturated rings. The van der Waals surface area contributed by atoms with Gasteiger partial charge in [-0.05, 0) is 38.6 Å². The van der Waals surface area contributed by atoms with Crippen LogP contribution in [0.15, 0.2) is 0 Å². The second-order valence-corrected chi connectivity index (χ2v) is 6.35. The molecule has 2 bridgehead atoms. The van der Waals surface area contributed by atoms with E-state index in [-0.39, 0.29) is 12.0 Å². The van der Waals surface area contributed by atoms with Gasteiger partial charge >= 0.3 is 5.97 Å². The topological polar surface area (TPSA) is 41.6 Å². The molecule has 110 valence electrons. The van der Waals surface area contributed by atoms with Crippen molar-refractivity contribution in [3.63, 3.8) is 0 Å². The van der Waals surface area contributed by atoms with Gasteiger partial charge in [-0.1, -0.05) is 20.3 Å². The monoisotopic (exact) mass is 268 g/mol. The minimum Gasteiger partial charge on any atom is -0.468 e. The van der Waals surface area contributed by atoms with E-state index in [0.29, 0.717) is 24.0 Å². The van der Waals surface area contributed by atoms with Crippen LogP contribution < -0.4 is 5.32 Å². The third kappa shape index (κ3) is 2.95. The van der Waals surface area contributed by atoms with Crippen LogP contribution in [0.4, 0.5) is 0 Å². The third-order valence-electron chi connectivity index (χ3n) is 4.83. The van der Waals surface area contributed by atoms with Gasteiger partial charge in [-0.2, -0.15) is 0 Å². The van der Waals surface area contributed by atoms with Crippen LogP contribution in [0.1, 0.15) is 46.0 Å². The second-order valence-electron chi connectivity index (χ2n) is 6.35. The van der Waals surface area contributed by atoms with Gasteiger partial charge in [-0.15, -0.1) is 0 Å². The summed E-state index contributed by atoms with van der Waals surface area (Å²) < 4.78 is 5.05. The summed E-state index contributed by atoms with van der Waals surface area (Å²) in [6.07, 6.45) is 6.05. The molecule has 1 N–H and O–H groups in total. The fraction of sp³-hybridized carbons (Fsp3) is 0.933. The van der Waals surface area contributed by atoms with Crippen molar-refractivity contribution < 1.29 is 9.53 Å². The van der Waals surface area contributed by atoms with E-state index in [9.17, 15) is 4.79 Å². The summed E-state index contributed by atoms with van der Waals surface area (Å²) >= 11 is 0. The Kier molecular flexibility index (Phi) is 4.85. The first-order chi connectivity index (χ1) is 9.08. The van der Waals surface area contributed by atoms with Gasteiger partial charge in [-0.25, -0.2) is 0 Å². The Morgan fingerprint density at radius 1 is 1.26 bits per heavy atom. The lowest BCUT2D eigenvalue weighted by Crippen LogP contribution is -2.62. The molecular weight excluding hydrogens is 240 g/mol. The quantitative estimate of drug-likeness (QED) is 0.789. The predicted molar refractivity (Wildman–Crippen MR) is 76.0 cm³/mol. The van der Waals surface area contributed by atoms with Crippen LogP contribution in [0.3, 0.4) is 0 Å². The number of ether oxygens (including phenoxy) is 1. The largest absolute Gasteiger partial charge is 0.468 e. The Morgan fingerprint density at radius 2 is 1.84 bits per heavy atom. The summed E-state index contributed by atoms with van der Waals surface area (Å²) in [5, 5.41) is 3.42. The number of piperidine rings is 2. The molecule has 0 aromatic carbocycles. The summed E-state index contributed by atoms with van der Waals surface area (Å²) in [5.41, 5.74) is 0. The molecule has 2 rings (SSSR count). The van der Waals surface area contributed by atoms with Crippen LogP contribution in [-0.4, -0.2) is 49.2 Å². The number of hydrogen-bond donors (Lipinski definition) is 1. The smallest absolute Gasteiger partial charge is 0.323 e. The fourth-order valence-corrected chi connectivity index (χ4v) is 3.97. The summed E-state index contributed by atoms with van der Waals surface area (Å²) in [4.78, 5) is 14.6. The Bertz CT molecular complexity index is 305. The molecule has 0 amide bonds. The highest BCUT2D eigenvalue weighted by Crippen LogP contribution is 2.37. The molecule has 0 spiro atoms. The number of rotatable bonds is 4. The van der Waals surface area contributed by atoms with Gasteiger partial charge in [-0.3, -0.25) is 9.69 Å². The summed E-state index contributed by atoms with van der Waals surface area (Å²) in [6, 6.07) is 1.61. The zero-order chi connectivity index (χ0) is 14.0. The molecule has 2 aliphatic heterocycles. The molecule has 2 heterocycles. The minimum absolute atomic E-state index is 0.0604. The zero-order valence-corrected chi connectivity index (χ0v) is 12.7. The van der Waals surface area contributed by atoms with Crippen LogP contribution in [0.25, 0.3) is 0 Å². The molecule has 4 nitrogen and oxygen atoms in total. The standard InChI is InChI=1S/C15H28N2O2/c1-10(2)14(15(18)19-4)17-12-6-5-7-13(17)9-11(8-12)16-3/h10-14,16H,5-9H2,1-4H3. The highest BCUT2D eigenvalue weighted by atomic mass is 16.5. The lowest BCUT2D eigenvalue weighted by molar-refractivity contribution is -0.155. The van der Waals surface area contributed by atoms with Crippen LogP contribution in [0, 0.1) is 5.92 Å². The summed E-state index contributed by atoms with van der Waals surface area (Å²) in [5.74, 6) is 0.247. The van der Waals surface area contributed by atoms with E-state index in [1.807, 2.05) is 0 Å². The SMILES string of the molecule is CNC1CC2CCCC(C1)N2C(C(=O)OC)C(C)C. The van der Waals surface area contributed by atoms with Crippen LogP contribution in [0.2, 0.25) is 0 Å². The van der Waals surface area contributed by atoms with Gasteiger partial charge < -0.3 is 10.1 Å². The maximum Gasteiger partial charge on any atom is 0.323 e. The highest BCUT2D eigenvalue weighted by Gasteiger charge is 2.44. The molecular formula is C15H28N2O2. The number of fused-ring (bicyclic) bond motifs is 2. The molecule has 2 saturated heterocycles. The predicted octanol–water partition coefficient (Wildman–Crippen LogP) is 1.79. The van der Waals surface area contributed by atoms with E-state index in [2.05, 4.69) is 31.1 Å². The first-order valence-corrected chi connectivity index (χ1v) is 7.61. The lowest BCUT2D eigenvalue weighted by Gasteiger charge is -2.52. The Labute approximate surface area is 116 Å². The molecule has 0 aliphatic carbocycles. The number of nitrogens with one attached hydrogen (secondary N) is 1. The number of esters is 1. The molecule has 4 heteroatoms. The number of methoxy groups -OCH3 is 1. The number of carbonyl (C=O) groups excluding carboxylic acids is 1. The molecule has 2 aliphatic rings. The van der Waals surface area contributed by atoms with E-state index in [1.54, 1.807) is 0 Å². The number of nitrogens with zero attached hydrogens (tertiary/aromatic N) is 1. The first kappa shape index (κ1) is 14.8. The Hall–Kier alpha value is -0.610. The van der Waals surface area contributed by atoms with E-state index >= 15 is 0 Å². The van der Waals surface area contributed by atoms with Crippen LogP contribution in [0.5, 0.6) is 0 Å². The minimum atomic E-state index is -0.0712. The average molecular weight is 268 g/mol. The van der Waals surface area contributed by atoms with Crippen molar-refractivity contribution in [1.82, 2.24) is 10.2 Å². The van der Waals surface area contributed by atoms with Crippen molar-refractivity contribution in [3.8, 4) is 0 Å². The van der Waals surface area contributed by atoms with E-state index < -0.39 is 0 Å². The van der Waals surface area contributed by atoms with Gasteiger partial charge in [0.15, 0.2) is 0 Å². The first-order valence-electron chi connectivity index (χ1n) is 7.61. The maximum atomic E-state index is 12.2. The van der Waals surface area contributed by atoms with Gasteiger partial charge in [0.25, 0.3) is 0 Å². The van der Waals surface area contributed by atoms with Gasteiger partial charge in [0.2, 0.25) is 0 Å². The van der Waals surface area contributed by atoms with Crippen molar-refractivity contribution in [1.29, 1.82) is 0 Å². The van der Waals surface area contributed by atoms with E-state index in [1.165, 1.54) is 26.4 Å². The van der Waals surface area contributed by atoms with Crippen molar-refractivity contribution in [2.24, 2.45) is 5.92 Å². The van der Waals surface area contributed by atoms with Crippen molar-refractivity contribution >= 4 is 5.97 Å². The molecule has 0 aromatic heterocycles. The molecule has 3 atom stereocenters. The highest BCUT2D eigenvalue weighted by molar-refractivity contribution is 5.76. The lowest BCUT2D eigenvalue weighted by atomic mass is 9.79. The van der Waals surface area contributed by atoms with Gasteiger partial charge in [0, 0.05) is 18.1 Å². The summed E-state index contributed by atoms with van der Waals surface area (Å²) in [6.45, 7) is 4.25. The van der Waals surface area contributed by atoms with Gasteiger partial charge in [0.1, 0.15) is 6.04 Å². The molecule has 0 saturated carbocycles. The summed E-state index contributed by atoms with van der Waals surface area (Å²) in [7, 11) is 3.56. The molecule has 0 aromatic rings.